The highest BCUT2D eigenvalue weighted by atomic mass is 16.4. The fraction of sp³-hybridized carbons (Fsp3) is 0.250. The number of aromatic nitrogens is 1. The SMILES string of the molecule is NC(CO)c1ccc(C(=O)O)cn1. The van der Waals surface area contributed by atoms with Crippen LogP contribution < -0.4 is 5.73 Å². The Balaban J connectivity index is 2.87. The van der Waals surface area contributed by atoms with E-state index >= 15 is 0 Å². The Kier molecular flexibility index (Phi) is 2.94. The van der Waals surface area contributed by atoms with Gasteiger partial charge in [0, 0.05) is 6.20 Å². The van der Waals surface area contributed by atoms with Gasteiger partial charge in [0.05, 0.1) is 23.9 Å². The van der Waals surface area contributed by atoms with Gasteiger partial charge in [0.2, 0.25) is 0 Å². The van der Waals surface area contributed by atoms with Gasteiger partial charge in [-0.3, -0.25) is 4.98 Å². The van der Waals surface area contributed by atoms with Gasteiger partial charge in [0.15, 0.2) is 0 Å². The molecule has 1 heterocycles. The molecular formula is C8H10N2O3. The second kappa shape index (κ2) is 3.97. The molecule has 1 rings (SSSR count). The summed E-state index contributed by atoms with van der Waals surface area (Å²) in [6.45, 7) is -0.209. The minimum absolute atomic E-state index is 0.105. The summed E-state index contributed by atoms with van der Waals surface area (Å²) < 4.78 is 0. The number of aromatic carboxylic acids is 1. The molecule has 1 aromatic rings. The van der Waals surface area contributed by atoms with Crippen LogP contribution in [-0.4, -0.2) is 27.8 Å². The number of carboxylic acids is 1. The van der Waals surface area contributed by atoms with Gasteiger partial charge in [-0.1, -0.05) is 0 Å². The van der Waals surface area contributed by atoms with Gasteiger partial charge in [0.1, 0.15) is 0 Å². The van der Waals surface area contributed by atoms with Crippen molar-refractivity contribution < 1.29 is 15.0 Å². The maximum Gasteiger partial charge on any atom is 0.337 e. The van der Waals surface area contributed by atoms with E-state index in [-0.39, 0.29) is 12.2 Å². The zero-order valence-corrected chi connectivity index (χ0v) is 6.84. The zero-order valence-electron chi connectivity index (χ0n) is 6.84. The number of hydrogen-bond donors (Lipinski definition) is 3. The molecule has 5 nitrogen and oxygen atoms in total. The Labute approximate surface area is 74.8 Å². The van der Waals surface area contributed by atoms with E-state index < -0.39 is 12.0 Å². The van der Waals surface area contributed by atoms with Crippen molar-refractivity contribution in [2.45, 2.75) is 6.04 Å². The maximum atomic E-state index is 10.4. The average Bonchev–Trinajstić information content (AvgIpc) is 2.17. The molecule has 1 atom stereocenters. The number of carbonyl (C=O) groups is 1. The molecule has 1 unspecified atom stereocenters. The van der Waals surface area contributed by atoms with Crippen LogP contribution >= 0.6 is 0 Å². The molecular weight excluding hydrogens is 172 g/mol. The third-order valence-electron chi connectivity index (χ3n) is 1.61. The Morgan fingerprint density at radius 2 is 2.31 bits per heavy atom. The number of carboxylic acid groups (broad SMARTS) is 1. The van der Waals surface area contributed by atoms with Crippen molar-refractivity contribution in [2.75, 3.05) is 6.61 Å². The van der Waals surface area contributed by atoms with E-state index in [0.29, 0.717) is 5.69 Å². The summed E-state index contributed by atoms with van der Waals surface area (Å²) in [5.74, 6) is -1.03. The molecule has 13 heavy (non-hydrogen) atoms. The topological polar surface area (TPSA) is 96.4 Å². The van der Waals surface area contributed by atoms with Crippen molar-refractivity contribution in [1.82, 2.24) is 4.98 Å². The molecule has 4 N–H and O–H groups in total. The predicted molar refractivity (Wildman–Crippen MR) is 45.2 cm³/mol. The van der Waals surface area contributed by atoms with Crippen LogP contribution in [0.5, 0.6) is 0 Å². The molecule has 0 fully saturated rings. The van der Waals surface area contributed by atoms with Crippen LogP contribution in [0, 0.1) is 0 Å². The lowest BCUT2D eigenvalue weighted by molar-refractivity contribution is 0.0696. The van der Waals surface area contributed by atoms with Gasteiger partial charge in [-0.05, 0) is 12.1 Å². The fourth-order valence-electron chi connectivity index (χ4n) is 0.845. The standard InChI is InChI=1S/C8H10N2O3/c9-6(4-11)7-2-1-5(3-10-7)8(12)13/h1-3,6,11H,4,9H2,(H,12,13). The fourth-order valence-corrected chi connectivity index (χ4v) is 0.845. The van der Waals surface area contributed by atoms with E-state index in [4.69, 9.17) is 15.9 Å². The van der Waals surface area contributed by atoms with Gasteiger partial charge in [-0.25, -0.2) is 4.79 Å². The molecule has 0 saturated carbocycles. The van der Waals surface area contributed by atoms with E-state index in [1.54, 1.807) is 0 Å². The summed E-state index contributed by atoms with van der Waals surface area (Å²) in [4.78, 5) is 14.2. The van der Waals surface area contributed by atoms with Gasteiger partial charge < -0.3 is 15.9 Å². The molecule has 0 bridgehead atoms. The van der Waals surface area contributed by atoms with Crippen molar-refractivity contribution >= 4 is 5.97 Å². The monoisotopic (exact) mass is 182 g/mol. The summed E-state index contributed by atoms with van der Waals surface area (Å²) >= 11 is 0. The third-order valence-corrected chi connectivity index (χ3v) is 1.61. The van der Waals surface area contributed by atoms with Gasteiger partial charge in [-0.15, -0.1) is 0 Å². The van der Waals surface area contributed by atoms with Gasteiger partial charge in [0.25, 0.3) is 0 Å². The first-order valence-corrected chi connectivity index (χ1v) is 3.71. The number of rotatable bonds is 3. The Bertz CT molecular complexity index is 297. The number of hydrogen-bond acceptors (Lipinski definition) is 4. The molecule has 0 radical (unpaired) electrons. The van der Waals surface area contributed by atoms with Crippen molar-refractivity contribution in [2.24, 2.45) is 5.73 Å². The predicted octanol–water partition coefficient (Wildman–Crippen LogP) is -0.228. The summed E-state index contributed by atoms with van der Waals surface area (Å²) in [6.07, 6.45) is 1.22. The highest BCUT2D eigenvalue weighted by Gasteiger charge is 2.07. The van der Waals surface area contributed by atoms with Crippen LogP contribution in [0.25, 0.3) is 0 Å². The molecule has 0 aromatic carbocycles. The summed E-state index contributed by atoms with van der Waals surface area (Å²) in [7, 11) is 0. The quantitative estimate of drug-likeness (QED) is 0.600. The number of aliphatic hydroxyl groups excluding tert-OH is 1. The van der Waals surface area contributed by atoms with Crippen molar-refractivity contribution in [3.63, 3.8) is 0 Å². The molecule has 0 aliphatic carbocycles. The van der Waals surface area contributed by atoms with E-state index in [9.17, 15) is 4.79 Å². The second-order valence-corrected chi connectivity index (χ2v) is 2.57. The van der Waals surface area contributed by atoms with E-state index in [0.717, 1.165) is 0 Å². The van der Waals surface area contributed by atoms with Gasteiger partial charge in [-0.2, -0.15) is 0 Å². The van der Waals surface area contributed by atoms with Gasteiger partial charge >= 0.3 is 5.97 Å². The van der Waals surface area contributed by atoms with Crippen LogP contribution in [0.1, 0.15) is 22.1 Å². The van der Waals surface area contributed by atoms with E-state index in [2.05, 4.69) is 4.98 Å². The highest BCUT2D eigenvalue weighted by molar-refractivity contribution is 5.87. The van der Waals surface area contributed by atoms with Crippen LogP contribution in [0.4, 0.5) is 0 Å². The van der Waals surface area contributed by atoms with E-state index in [1.807, 2.05) is 0 Å². The lowest BCUT2D eigenvalue weighted by atomic mass is 10.2. The first-order valence-electron chi connectivity index (χ1n) is 3.71. The number of nitrogens with two attached hydrogens (primary N) is 1. The molecule has 0 aliphatic rings. The Morgan fingerprint density at radius 1 is 1.62 bits per heavy atom. The summed E-state index contributed by atoms with van der Waals surface area (Å²) in [5, 5.41) is 17.2. The Morgan fingerprint density at radius 3 is 2.69 bits per heavy atom. The molecule has 0 spiro atoms. The summed E-state index contributed by atoms with van der Waals surface area (Å²) in [5.41, 5.74) is 6.05. The first-order chi connectivity index (χ1) is 6.15. The molecule has 70 valence electrons. The van der Waals surface area contributed by atoms with Crippen LogP contribution in [0.2, 0.25) is 0 Å². The highest BCUT2D eigenvalue weighted by Crippen LogP contribution is 2.06. The lowest BCUT2D eigenvalue weighted by Crippen LogP contribution is -2.16. The number of aliphatic hydroxyl groups is 1. The molecule has 1 aromatic heterocycles. The normalized spacial score (nSPS) is 12.5. The average molecular weight is 182 g/mol. The molecule has 0 amide bonds. The molecule has 5 heteroatoms. The zero-order chi connectivity index (χ0) is 9.84. The first kappa shape index (κ1) is 9.63. The number of nitrogens with zero attached hydrogens (tertiary/aromatic N) is 1. The largest absolute Gasteiger partial charge is 0.478 e. The van der Waals surface area contributed by atoms with Crippen molar-refractivity contribution in [3.05, 3.63) is 29.6 Å². The minimum atomic E-state index is -1.03. The third kappa shape index (κ3) is 2.24. The number of pyridine rings is 1. The van der Waals surface area contributed by atoms with Crippen LogP contribution in [0.15, 0.2) is 18.3 Å². The summed E-state index contributed by atoms with van der Waals surface area (Å²) in [6, 6.07) is 2.34. The Hall–Kier alpha value is -1.46. The van der Waals surface area contributed by atoms with Crippen LogP contribution in [0.3, 0.4) is 0 Å². The lowest BCUT2D eigenvalue weighted by Gasteiger charge is -2.06. The van der Waals surface area contributed by atoms with Crippen molar-refractivity contribution in [1.29, 1.82) is 0 Å². The molecule has 0 saturated heterocycles. The second-order valence-electron chi connectivity index (χ2n) is 2.57. The maximum absolute atomic E-state index is 10.4. The molecule has 0 aliphatic heterocycles. The van der Waals surface area contributed by atoms with Crippen molar-refractivity contribution in [3.8, 4) is 0 Å². The van der Waals surface area contributed by atoms with Crippen LogP contribution in [-0.2, 0) is 0 Å². The minimum Gasteiger partial charge on any atom is -0.478 e. The van der Waals surface area contributed by atoms with E-state index in [1.165, 1.54) is 18.3 Å². The smallest absolute Gasteiger partial charge is 0.337 e.